The van der Waals surface area contributed by atoms with Crippen LogP contribution >= 0.6 is 0 Å². The van der Waals surface area contributed by atoms with Crippen molar-refractivity contribution in [1.82, 2.24) is 9.97 Å². The predicted octanol–water partition coefficient (Wildman–Crippen LogP) is 3.15. The molecule has 0 saturated heterocycles. The van der Waals surface area contributed by atoms with E-state index >= 15 is 0 Å². The summed E-state index contributed by atoms with van der Waals surface area (Å²) in [6.45, 7) is 2.07. The molecule has 19 heavy (non-hydrogen) atoms. The molecule has 0 amide bonds. The van der Waals surface area contributed by atoms with Gasteiger partial charge in [-0.2, -0.15) is 0 Å². The average molecular weight is 250 g/mol. The molecule has 0 aliphatic heterocycles. The molecule has 3 heteroatoms. The zero-order valence-corrected chi connectivity index (χ0v) is 10.7. The highest BCUT2D eigenvalue weighted by Crippen LogP contribution is 2.21. The minimum Gasteiger partial charge on any atom is -0.321 e. The molecule has 3 nitrogen and oxygen atoms in total. The first-order valence-corrected chi connectivity index (χ1v) is 6.36. The maximum atomic E-state index is 12.2. The lowest BCUT2D eigenvalue weighted by Crippen LogP contribution is -2.10. The van der Waals surface area contributed by atoms with E-state index in [0.717, 1.165) is 28.6 Å². The topological polar surface area (TPSA) is 45.8 Å². The van der Waals surface area contributed by atoms with Gasteiger partial charge >= 0.3 is 0 Å². The number of aromatic nitrogens is 2. The standard InChI is InChI=1S/C16H14N2O/c1-2-11-7-5-9-17-15(11)13-10-12-6-3-4-8-14(12)18-16(13)19/h3-10H,2H2,1H3,(H,18,19). The van der Waals surface area contributed by atoms with E-state index in [0.29, 0.717) is 5.56 Å². The fourth-order valence-electron chi connectivity index (χ4n) is 2.29. The highest BCUT2D eigenvalue weighted by molar-refractivity contribution is 5.83. The van der Waals surface area contributed by atoms with Crippen LogP contribution in [0.15, 0.2) is 53.5 Å². The van der Waals surface area contributed by atoms with Gasteiger partial charge in [0.15, 0.2) is 0 Å². The monoisotopic (exact) mass is 250 g/mol. The molecule has 1 N–H and O–H groups in total. The van der Waals surface area contributed by atoms with E-state index in [9.17, 15) is 4.79 Å². The third kappa shape index (κ3) is 2.03. The molecule has 0 aliphatic rings. The molecule has 3 aromatic rings. The van der Waals surface area contributed by atoms with Crippen molar-refractivity contribution in [3.63, 3.8) is 0 Å². The number of fused-ring (bicyclic) bond motifs is 1. The minimum atomic E-state index is -0.0906. The number of hydrogen-bond donors (Lipinski definition) is 1. The quantitative estimate of drug-likeness (QED) is 0.759. The van der Waals surface area contributed by atoms with Crippen LogP contribution in [-0.2, 0) is 6.42 Å². The van der Waals surface area contributed by atoms with Gasteiger partial charge in [0.2, 0.25) is 0 Å². The molecule has 1 aromatic carbocycles. The fourth-order valence-corrected chi connectivity index (χ4v) is 2.29. The van der Waals surface area contributed by atoms with Crippen LogP contribution in [0, 0.1) is 0 Å². The number of nitrogens with one attached hydrogen (secondary N) is 1. The molecule has 0 bridgehead atoms. The van der Waals surface area contributed by atoms with E-state index in [4.69, 9.17) is 0 Å². The Kier molecular flexibility index (Phi) is 2.88. The maximum absolute atomic E-state index is 12.2. The van der Waals surface area contributed by atoms with E-state index in [1.165, 1.54) is 0 Å². The van der Waals surface area contributed by atoms with Crippen LogP contribution in [0.3, 0.4) is 0 Å². The van der Waals surface area contributed by atoms with Crippen LogP contribution in [-0.4, -0.2) is 9.97 Å². The normalized spacial score (nSPS) is 10.8. The fraction of sp³-hybridized carbons (Fsp3) is 0.125. The van der Waals surface area contributed by atoms with Gasteiger partial charge in [0.05, 0.1) is 11.3 Å². The molecule has 2 aromatic heterocycles. The smallest absolute Gasteiger partial charge is 0.257 e. The number of aryl methyl sites for hydroxylation is 1. The molecule has 0 atom stereocenters. The molecule has 3 rings (SSSR count). The summed E-state index contributed by atoms with van der Waals surface area (Å²) < 4.78 is 0. The molecule has 0 saturated carbocycles. The summed E-state index contributed by atoms with van der Waals surface area (Å²) in [4.78, 5) is 19.5. The SMILES string of the molecule is CCc1cccnc1-c1cc2ccccc2[nH]c1=O. The lowest BCUT2D eigenvalue weighted by Gasteiger charge is -2.07. The first-order valence-electron chi connectivity index (χ1n) is 6.36. The molecule has 0 fully saturated rings. The molecule has 0 radical (unpaired) electrons. The van der Waals surface area contributed by atoms with E-state index in [1.807, 2.05) is 42.5 Å². The largest absolute Gasteiger partial charge is 0.321 e. The van der Waals surface area contributed by atoms with Crippen LogP contribution in [0.4, 0.5) is 0 Å². The van der Waals surface area contributed by atoms with E-state index in [1.54, 1.807) is 6.20 Å². The zero-order valence-electron chi connectivity index (χ0n) is 10.7. The number of H-pyrrole nitrogens is 1. The second-order valence-electron chi connectivity index (χ2n) is 4.46. The minimum absolute atomic E-state index is 0.0906. The number of rotatable bonds is 2. The predicted molar refractivity (Wildman–Crippen MR) is 77.2 cm³/mol. The van der Waals surface area contributed by atoms with Gasteiger partial charge in [-0.15, -0.1) is 0 Å². The van der Waals surface area contributed by atoms with Crippen molar-refractivity contribution >= 4 is 10.9 Å². The van der Waals surface area contributed by atoms with Crippen LogP contribution in [0.25, 0.3) is 22.2 Å². The van der Waals surface area contributed by atoms with Crippen molar-refractivity contribution in [3.05, 3.63) is 64.6 Å². The van der Waals surface area contributed by atoms with Gasteiger partial charge in [0, 0.05) is 11.7 Å². The Morgan fingerprint density at radius 2 is 2.00 bits per heavy atom. The Balaban J connectivity index is 2.30. The molecule has 94 valence electrons. The number of nitrogens with zero attached hydrogens (tertiary/aromatic N) is 1. The number of aromatic amines is 1. The summed E-state index contributed by atoms with van der Waals surface area (Å²) in [7, 11) is 0. The van der Waals surface area contributed by atoms with E-state index < -0.39 is 0 Å². The summed E-state index contributed by atoms with van der Waals surface area (Å²) in [5, 5.41) is 1.02. The lowest BCUT2D eigenvalue weighted by atomic mass is 10.0. The van der Waals surface area contributed by atoms with Gasteiger partial charge in [-0.1, -0.05) is 31.2 Å². The number of pyridine rings is 2. The van der Waals surface area contributed by atoms with Crippen LogP contribution in [0.5, 0.6) is 0 Å². The highest BCUT2D eigenvalue weighted by atomic mass is 16.1. The highest BCUT2D eigenvalue weighted by Gasteiger charge is 2.10. The number of benzene rings is 1. The number of para-hydroxylation sites is 1. The van der Waals surface area contributed by atoms with Gasteiger partial charge in [-0.05, 0) is 35.6 Å². The van der Waals surface area contributed by atoms with Gasteiger partial charge < -0.3 is 4.98 Å². The van der Waals surface area contributed by atoms with Crippen molar-refractivity contribution < 1.29 is 0 Å². The summed E-state index contributed by atoms with van der Waals surface area (Å²) in [6.07, 6.45) is 2.58. The molecule has 0 spiro atoms. The summed E-state index contributed by atoms with van der Waals surface area (Å²) >= 11 is 0. The van der Waals surface area contributed by atoms with E-state index in [-0.39, 0.29) is 5.56 Å². The summed E-state index contributed by atoms with van der Waals surface area (Å²) in [5.74, 6) is 0. The number of hydrogen-bond acceptors (Lipinski definition) is 2. The molecule has 0 unspecified atom stereocenters. The van der Waals surface area contributed by atoms with Gasteiger partial charge in [0.25, 0.3) is 5.56 Å². The Morgan fingerprint density at radius 3 is 2.84 bits per heavy atom. The van der Waals surface area contributed by atoms with Gasteiger partial charge in [-0.25, -0.2) is 0 Å². The Hall–Kier alpha value is -2.42. The second kappa shape index (κ2) is 4.69. The third-order valence-corrected chi connectivity index (χ3v) is 3.28. The van der Waals surface area contributed by atoms with E-state index in [2.05, 4.69) is 16.9 Å². The Bertz CT molecular complexity index is 790. The first kappa shape index (κ1) is 11.7. The van der Waals surface area contributed by atoms with Crippen LogP contribution in [0.2, 0.25) is 0 Å². The van der Waals surface area contributed by atoms with Crippen molar-refractivity contribution in [1.29, 1.82) is 0 Å². The average Bonchev–Trinajstić information content (AvgIpc) is 2.46. The van der Waals surface area contributed by atoms with Crippen molar-refractivity contribution in [2.45, 2.75) is 13.3 Å². The summed E-state index contributed by atoms with van der Waals surface area (Å²) in [6, 6.07) is 13.6. The zero-order chi connectivity index (χ0) is 13.2. The maximum Gasteiger partial charge on any atom is 0.257 e. The molecular weight excluding hydrogens is 236 g/mol. The molecule has 0 aliphatic carbocycles. The van der Waals surface area contributed by atoms with Gasteiger partial charge in [0.1, 0.15) is 0 Å². The molecule has 2 heterocycles. The third-order valence-electron chi connectivity index (χ3n) is 3.28. The van der Waals surface area contributed by atoms with Crippen LogP contribution < -0.4 is 5.56 Å². The molecular formula is C16H14N2O. The first-order chi connectivity index (χ1) is 9.29. The van der Waals surface area contributed by atoms with Crippen LogP contribution in [0.1, 0.15) is 12.5 Å². The van der Waals surface area contributed by atoms with Crippen molar-refractivity contribution in [2.75, 3.05) is 0 Å². The Morgan fingerprint density at radius 1 is 1.16 bits per heavy atom. The second-order valence-corrected chi connectivity index (χ2v) is 4.46. The Labute approximate surface area is 111 Å². The van der Waals surface area contributed by atoms with Crippen molar-refractivity contribution in [3.8, 4) is 11.3 Å². The van der Waals surface area contributed by atoms with Gasteiger partial charge in [-0.3, -0.25) is 9.78 Å². The summed E-state index contributed by atoms with van der Waals surface area (Å²) in [5.41, 5.74) is 3.26. The van der Waals surface area contributed by atoms with Crippen molar-refractivity contribution in [2.24, 2.45) is 0 Å². The lowest BCUT2D eigenvalue weighted by molar-refractivity contribution is 1.10.